The van der Waals surface area contributed by atoms with Crippen LogP contribution in [-0.2, 0) is 4.79 Å². The summed E-state index contributed by atoms with van der Waals surface area (Å²) in [4.78, 5) is 16.3. The van der Waals surface area contributed by atoms with Crippen molar-refractivity contribution in [1.29, 1.82) is 0 Å². The Labute approximate surface area is 193 Å². The van der Waals surface area contributed by atoms with E-state index in [1.165, 1.54) is 48.4 Å². The van der Waals surface area contributed by atoms with Gasteiger partial charge in [0.05, 0.1) is 17.1 Å². The van der Waals surface area contributed by atoms with Crippen LogP contribution in [0.5, 0.6) is 5.75 Å². The molecule has 1 amide bonds. The molecule has 3 fully saturated rings. The second kappa shape index (κ2) is 8.30. The largest absolute Gasteiger partial charge is 0.493 e. The van der Waals surface area contributed by atoms with Crippen LogP contribution in [0.25, 0.3) is 17.2 Å². The summed E-state index contributed by atoms with van der Waals surface area (Å²) in [7, 11) is 0. The molecule has 31 heavy (non-hydrogen) atoms. The highest BCUT2D eigenvalue weighted by atomic mass is 32.2. The molecular formula is C23H21F2NO2S3. The van der Waals surface area contributed by atoms with Gasteiger partial charge in [-0.1, -0.05) is 30.4 Å². The summed E-state index contributed by atoms with van der Waals surface area (Å²) in [5, 5.41) is 1.75. The predicted molar refractivity (Wildman–Crippen MR) is 125 cm³/mol. The van der Waals surface area contributed by atoms with Gasteiger partial charge in [-0.3, -0.25) is 9.69 Å². The number of nitrogens with zero attached hydrogens (tertiary/aromatic N) is 1. The molecule has 0 N–H and O–H groups in total. The zero-order valence-electron chi connectivity index (χ0n) is 16.9. The number of benzene rings is 1. The summed E-state index contributed by atoms with van der Waals surface area (Å²) in [6, 6.07) is 4.49. The van der Waals surface area contributed by atoms with Gasteiger partial charge in [-0.15, -0.1) is 11.3 Å². The number of fused-ring (bicyclic) bond motifs is 2. The van der Waals surface area contributed by atoms with Crippen LogP contribution in [0.2, 0.25) is 0 Å². The maximum atomic E-state index is 14.5. The van der Waals surface area contributed by atoms with Crippen molar-refractivity contribution in [2.45, 2.75) is 38.6 Å². The van der Waals surface area contributed by atoms with Crippen LogP contribution >= 0.6 is 35.3 Å². The summed E-state index contributed by atoms with van der Waals surface area (Å²) >= 11 is 8.25. The van der Waals surface area contributed by atoms with Gasteiger partial charge >= 0.3 is 0 Å². The molecule has 1 aromatic carbocycles. The molecular weight excluding hydrogens is 456 g/mol. The van der Waals surface area contributed by atoms with Crippen LogP contribution < -0.4 is 4.74 Å². The average molecular weight is 478 g/mol. The third-order valence-corrected chi connectivity index (χ3v) is 8.60. The van der Waals surface area contributed by atoms with Crippen molar-refractivity contribution in [2.75, 3.05) is 6.61 Å². The number of thiophene rings is 1. The van der Waals surface area contributed by atoms with Crippen LogP contribution in [0.3, 0.4) is 0 Å². The lowest BCUT2D eigenvalue weighted by molar-refractivity contribution is -0.124. The van der Waals surface area contributed by atoms with E-state index in [0.29, 0.717) is 33.1 Å². The maximum Gasteiger partial charge on any atom is 0.266 e. The lowest BCUT2D eigenvalue weighted by Crippen LogP contribution is -2.41. The second-order valence-electron chi connectivity index (χ2n) is 8.20. The molecule has 1 saturated heterocycles. The summed E-state index contributed by atoms with van der Waals surface area (Å²) in [6.45, 7) is 2.14. The number of carbonyl (C=O) groups is 1. The molecule has 2 heterocycles. The number of ether oxygens (including phenoxy) is 1. The van der Waals surface area contributed by atoms with Crippen molar-refractivity contribution in [3.05, 3.63) is 45.0 Å². The smallest absolute Gasteiger partial charge is 0.266 e. The van der Waals surface area contributed by atoms with Crippen molar-refractivity contribution < 1.29 is 18.3 Å². The topological polar surface area (TPSA) is 29.5 Å². The quantitative estimate of drug-likeness (QED) is 0.364. The van der Waals surface area contributed by atoms with Gasteiger partial charge in [0.1, 0.15) is 10.1 Å². The molecule has 1 aromatic heterocycles. The Kier molecular flexibility index (Phi) is 5.65. The predicted octanol–water partition coefficient (Wildman–Crippen LogP) is 6.48. The third-order valence-electron chi connectivity index (χ3n) is 6.39. The number of thiocarbonyl (C=S) groups is 1. The van der Waals surface area contributed by atoms with E-state index in [2.05, 4.69) is 0 Å². The normalized spacial score (nSPS) is 26.5. The Balaban J connectivity index is 1.42. The maximum absolute atomic E-state index is 14.5. The highest BCUT2D eigenvalue weighted by molar-refractivity contribution is 8.26. The van der Waals surface area contributed by atoms with Gasteiger partial charge in [0.2, 0.25) is 0 Å². The van der Waals surface area contributed by atoms with Gasteiger partial charge in [-0.2, -0.15) is 0 Å². The van der Waals surface area contributed by atoms with Crippen molar-refractivity contribution in [3.8, 4) is 16.9 Å². The Morgan fingerprint density at radius 2 is 2.13 bits per heavy atom. The standard InChI is InChI=1S/C23H21F2NO2S3/c1-2-28-18-6-5-16(24)21(25)20(18)14-9-15(30-11-14)10-19-22(27)26(23(29)31-19)17-8-12-3-4-13(17)7-12/h5-6,9-13,17H,2-4,7-8H2,1H3. The van der Waals surface area contributed by atoms with Gasteiger partial charge in [0.25, 0.3) is 5.91 Å². The molecule has 3 nitrogen and oxygen atoms in total. The van der Waals surface area contributed by atoms with E-state index in [-0.39, 0.29) is 17.5 Å². The summed E-state index contributed by atoms with van der Waals surface area (Å²) in [5.41, 5.74) is 0.632. The number of amides is 1. The van der Waals surface area contributed by atoms with E-state index in [1.54, 1.807) is 24.4 Å². The lowest BCUT2D eigenvalue weighted by Gasteiger charge is -2.30. The average Bonchev–Trinajstić information content (AvgIpc) is 3.51. The molecule has 0 radical (unpaired) electrons. The Hall–Kier alpha value is -1.77. The van der Waals surface area contributed by atoms with Crippen LogP contribution in [0.1, 0.15) is 37.5 Å². The van der Waals surface area contributed by atoms with Gasteiger partial charge in [-0.05, 0) is 73.2 Å². The fraction of sp³-hybridized carbons (Fsp3) is 0.391. The molecule has 2 bridgehead atoms. The molecule has 0 spiro atoms. The minimum atomic E-state index is -0.932. The van der Waals surface area contributed by atoms with E-state index in [1.807, 2.05) is 4.90 Å². The van der Waals surface area contributed by atoms with Crippen LogP contribution in [0.15, 0.2) is 28.5 Å². The Bertz CT molecular complexity index is 1100. The highest BCUT2D eigenvalue weighted by Crippen LogP contribution is 2.49. The van der Waals surface area contributed by atoms with Gasteiger partial charge in [0.15, 0.2) is 11.6 Å². The summed E-state index contributed by atoms with van der Waals surface area (Å²) < 4.78 is 34.5. The number of carbonyl (C=O) groups excluding carboxylic acids is 1. The first kappa shape index (κ1) is 21.1. The first-order valence-electron chi connectivity index (χ1n) is 10.4. The van der Waals surface area contributed by atoms with Crippen molar-refractivity contribution in [1.82, 2.24) is 4.90 Å². The van der Waals surface area contributed by atoms with E-state index in [9.17, 15) is 13.6 Å². The molecule has 3 unspecified atom stereocenters. The SMILES string of the molecule is CCOc1ccc(F)c(F)c1-c1csc(C=C2SC(=S)N(C3CC4CCC3C4)C2=O)c1. The van der Waals surface area contributed by atoms with E-state index >= 15 is 0 Å². The molecule has 8 heteroatoms. The molecule has 3 aliphatic rings. The number of rotatable bonds is 5. The van der Waals surface area contributed by atoms with Gasteiger partial charge in [0, 0.05) is 10.9 Å². The first-order chi connectivity index (χ1) is 15.0. The number of hydrogen-bond donors (Lipinski definition) is 0. The fourth-order valence-electron chi connectivity index (χ4n) is 5.06. The number of thioether (sulfide) groups is 1. The molecule has 5 rings (SSSR count). The number of halogens is 2. The van der Waals surface area contributed by atoms with Crippen molar-refractivity contribution in [3.63, 3.8) is 0 Å². The Morgan fingerprint density at radius 1 is 1.29 bits per heavy atom. The van der Waals surface area contributed by atoms with Crippen LogP contribution in [-0.4, -0.2) is 27.8 Å². The zero-order valence-corrected chi connectivity index (χ0v) is 19.3. The fourth-order valence-corrected chi connectivity index (χ4v) is 7.33. The van der Waals surface area contributed by atoms with Crippen molar-refractivity contribution >= 4 is 51.6 Å². The van der Waals surface area contributed by atoms with Crippen LogP contribution in [0, 0.1) is 23.5 Å². The molecule has 162 valence electrons. The highest BCUT2D eigenvalue weighted by Gasteiger charge is 2.47. The zero-order chi connectivity index (χ0) is 21.7. The minimum Gasteiger partial charge on any atom is -0.493 e. The number of hydrogen-bond acceptors (Lipinski definition) is 5. The van der Waals surface area contributed by atoms with Crippen molar-refractivity contribution in [2.24, 2.45) is 11.8 Å². The summed E-state index contributed by atoms with van der Waals surface area (Å²) in [5.74, 6) is -0.295. The molecule has 2 aromatic rings. The van der Waals surface area contributed by atoms with Gasteiger partial charge < -0.3 is 4.74 Å². The Morgan fingerprint density at radius 3 is 2.84 bits per heavy atom. The monoisotopic (exact) mass is 477 g/mol. The minimum absolute atomic E-state index is 0.0329. The van der Waals surface area contributed by atoms with E-state index < -0.39 is 11.6 Å². The molecule has 2 aliphatic carbocycles. The molecule has 2 saturated carbocycles. The molecule has 3 atom stereocenters. The van der Waals surface area contributed by atoms with E-state index in [0.717, 1.165) is 23.3 Å². The second-order valence-corrected chi connectivity index (χ2v) is 10.8. The lowest BCUT2D eigenvalue weighted by atomic mass is 9.94. The van der Waals surface area contributed by atoms with Gasteiger partial charge in [-0.25, -0.2) is 8.78 Å². The van der Waals surface area contributed by atoms with E-state index in [4.69, 9.17) is 17.0 Å². The first-order valence-corrected chi connectivity index (χ1v) is 12.5. The van der Waals surface area contributed by atoms with Crippen LogP contribution in [0.4, 0.5) is 8.78 Å². The third kappa shape index (κ3) is 3.72. The molecule has 1 aliphatic heterocycles. The summed E-state index contributed by atoms with van der Waals surface area (Å²) in [6.07, 6.45) is 6.51.